The summed E-state index contributed by atoms with van der Waals surface area (Å²) < 4.78 is 0. The summed E-state index contributed by atoms with van der Waals surface area (Å²) in [5.74, 6) is -0.215. The molecule has 100 valence electrons. The topological polar surface area (TPSA) is 52.5 Å². The second kappa shape index (κ2) is 5.95. The first kappa shape index (κ1) is 13.7. The maximum atomic E-state index is 9.43. The van der Waals surface area contributed by atoms with E-state index in [-0.39, 0.29) is 17.5 Å². The summed E-state index contributed by atoms with van der Waals surface area (Å²) in [6, 6.07) is 12.6. The molecule has 3 N–H and O–H groups in total. The average Bonchev–Trinajstić information content (AvgIpc) is 2.40. The van der Waals surface area contributed by atoms with Crippen molar-refractivity contribution in [2.45, 2.75) is 19.5 Å². The van der Waals surface area contributed by atoms with Crippen LogP contribution in [0.3, 0.4) is 0 Å². The lowest BCUT2D eigenvalue weighted by atomic mass is 10.1. The Morgan fingerprint density at radius 1 is 1.11 bits per heavy atom. The van der Waals surface area contributed by atoms with Crippen LogP contribution < -0.4 is 5.32 Å². The number of phenols is 2. The molecule has 0 aromatic heterocycles. The monoisotopic (exact) mass is 277 g/mol. The summed E-state index contributed by atoms with van der Waals surface area (Å²) in [6.07, 6.45) is 0. The molecule has 0 heterocycles. The number of halogens is 1. The molecule has 1 atom stereocenters. The van der Waals surface area contributed by atoms with E-state index in [2.05, 4.69) is 5.32 Å². The van der Waals surface area contributed by atoms with E-state index in [1.54, 1.807) is 12.1 Å². The van der Waals surface area contributed by atoms with Crippen molar-refractivity contribution in [3.8, 4) is 11.5 Å². The molecule has 3 nitrogen and oxygen atoms in total. The fourth-order valence-electron chi connectivity index (χ4n) is 1.89. The van der Waals surface area contributed by atoms with E-state index in [0.29, 0.717) is 6.54 Å². The Bertz CT molecular complexity index is 572. The molecular formula is C15H16ClNO2. The van der Waals surface area contributed by atoms with E-state index in [9.17, 15) is 10.2 Å². The standard InChI is InChI=1S/C15H16ClNO2/c1-10(12-4-2-3-5-13(12)16)17-9-11-6-7-14(18)15(19)8-11/h2-8,10,17-19H,9H2,1H3. The van der Waals surface area contributed by atoms with Crippen molar-refractivity contribution < 1.29 is 10.2 Å². The summed E-state index contributed by atoms with van der Waals surface area (Å²) in [4.78, 5) is 0. The summed E-state index contributed by atoms with van der Waals surface area (Å²) in [5.41, 5.74) is 1.93. The van der Waals surface area contributed by atoms with Gasteiger partial charge in [-0.15, -0.1) is 0 Å². The van der Waals surface area contributed by atoms with Gasteiger partial charge in [-0.3, -0.25) is 0 Å². The molecule has 0 fully saturated rings. The molecule has 2 aromatic carbocycles. The van der Waals surface area contributed by atoms with E-state index in [0.717, 1.165) is 16.1 Å². The van der Waals surface area contributed by atoms with E-state index < -0.39 is 0 Å². The van der Waals surface area contributed by atoms with Crippen LogP contribution in [0.4, 0.5) is 0 Å². The first-order valence-electron chi connectivity index (χ1n) is 6.06. The molecule has 0 aliphatic carbocycles. The van der Waals surface area contributed by atoms with Crippen molar-refractivity contribution in [1.29, 1.82) is 0 Å². The minimum Gasteiger partial charge on any atom is -0.504 e. The number of nitrogens with one attached hydrogen (secondary N) is 1. The van der Waals surface area contributed by atoms with Gasteiger partial charge in [-0.1, -0.05) is 35.9 Å². The predicted molar refractivity (Wildman–Crippen MR) is 76.5 cm³/mol. The van der Waals surface area contributed by atoms with E-state index in [4.69, 9.17) is 11.6 Å². The van der Waals surface area contributed by atoms with Crippen LogP contribution in [-0.4, -0.2) is 10.2 Å². The number of benzene rings is 2. The lowest BCUT2D eigenvalue weighted by molar-refractivity contribution is 0.402. The smallest absolute Gasteiger partial charge is 0.157 e. The number of rotatable bonds is 4. The van der Waals surface area contributed by atoms with Crippen molar-refractivity contribution in [1.82, 2.24) is 5.32 Å². The van der Waals surface area contributed by atoms with Crippen LogP contribution in [0.1, 0.15) is 24.1 Å². The molecule has 0 saturated carbocycles. The molecule has 0 saturated heterocycles. The Kier molecular flexibility index (Phi) is 4.30. The first-order chi connectivity index (χ1) is 9.08. The predicted octanol–water partition coefficient (Wildman–Crippen LogP) is 3.60. The molecule has 0 spiro atoms. The van der Waals surface area contributed by atoms with Crippen molar-refractivity contribution in [3.63, 3.8) is 0 Å². The first-order valence-corrected chi connectivity index (χ1v) is 6.44. The highest BCUT2D eigenvalue weighted by atomic mass is 35.5. The van der Waals surface area contributed by atoms with Gasteiger partial charge in [0.2, 0.25) is 0 Å². The zero-order valence-corrected chi connectivity index (χ0v) is 11.4. The zero-order valence-electron chi connectivity index (χ0n) is 10.6. The van der Waals surface area contributed by atoms with Gasteiger partial charge in [0.1, 0.15) is 0 Å². The SMILES string of the molecule is CC(NCc1ccc(O)c(O)c1)c1ccccc1Cl. The maximum Gasteiger partial charge on any atom is 0.157 e. The van der Waals surface area contributed by atoms with E-state index in [1.165, 1.54) is 6.07 Å². The maximum absolute atomic E-state index is 9.43. The van der Waals surface area contributed by atoms with Crippen LogP contribution >= 0.6 is 11.6 Å². The van der Waals surface area contributed by atoms with Gasteiger partial charge < -0.3 is 15.5 Å². The lowest BCUT2D eigenvalue weighted by Crippen LogP contribution is -2.18. The van der Waals surface area contributed by atoms with Crippen molar-refractivity contribution in [2.75, 3.05) is 0 Å². The third-order valence-corrected chi connectivity index (χ3v) is 3.37. The van der Waals surface area contributed by atoms with Gasteiger partial charge in [-0.05, 0) is 36.2 Å². The minimum atomic E-state index is -0.108. The molecular weight excluding hydrogens is 262 g/mol. The summed E-state index contributed by atoms with van der Waals surface area (Å²) in [6.45, 7) is 2.61. The minimum absolute atomic E-state index is 0.102. The molecule has 19 heavy (non-hydrogen) atoms. The third kappa shape index (κ3) is 3.40. The number of hydrogen-bond acceptors (Lipinski definition) is 3. The largest absolute Gasteiger partial charge is 0.504 e. The molecule has 2 aromatic rings. The molecule has 2 rings (SSSR count). The number of aromatic hydroxyl groups is 2. The van der Waals surface area contributed by atoms with Crippen LogP contribution in [-0.2, 0) is 6.54 Å². The molecule has 4 heteroatoms. The van der Waals surface area contributed by atoms with Crippen LogP contribution in [0, 0.1) is 0 Å². The molecule has 0 aliphatic rings. The normalized spacial score (nSPS) is 12.3. The fourth-order valence-corrected chi connectivity index (χ4v) is 2.19. The van der Waals surface area contributed by atoms with Gasteiger partial charge in [-0.25, -0.2) is 0 Å². The van der Waals surface area contributed by atoms with Crippen molar-refractivity contribution in [3.05, 3.63) is 58.6 Å². The Hall–Kier alpha value is -1.71. The van der Waals surface area contributed by atoms with Crippen LogP contribution in [0.15, 0.2) is 42.5 Å². The van der Waals surface area contributed by atoms with Gasteiger partial charge in [0, 0.05) is 17.6 Å². The van der Waals surface area contributed by atoms with E-state index >= 15 is 0 Å². The average molecular weight is 278 g/mol. The fraction of sp³-hybridized carbons (Fsp3) is 0.200. The Balaban J connectivity index is 2.02. The Morgan fingerprint density at radius 2 is 1.84 bits per heavy atom. The third-order valence-electron chi connectivity index (χ3n) is 3.02. The van der Waals surface area contributed by atoms with Crippen LogP contribution in [0.2, 0.25) is 5.02 Å². The van der Waals surface area contributed by atoms with Crippen molar-refractivity contribution in [2.24, 2.45) is 0 Å². The highest BCUT2D eigenvalue weighted by Crippen LogP contribution is 2.26. The Morgan fingerprint density at radius 3 is 2.53 bits per heavy atom. The summed E-state index contributed by atoms with van der Waals surface area (Å²) in [5, 5.41) is 22.7. The number of hydrogen-bond donors (Lipinski definition) is 3. The van der Waals surface area contributed by atoms with Gasteiger partial charge in [0.15, 0.2) is 11.5 Å². The Labute approximate surface area is 117 Å². The second-order valence-electron chi connectivity index (χ2n) is 4.45. The molecule has 0 bridgehead atoms. The van der Waals surface area contributed by atoms with Crippen molar-refractivity contribution >= 4 is 11.6 Å². The number of phenolic OH excluding ortho intramolecular Hbond substituents is 2. The van der Waals surface area contributed by atoms with Gasteiger partial charge in [0.05, 0.1) is 0 Å². The molecule has 0 aliphatic heterocycles. The van der Waals surface area contributed by atoms with Crippen LogP contribution in [0.5, 0.6) is 11.5 Å². The summed E-state index contributed by atoms with van der Waals surface area (Å²) >= 11 is 6.13. The summed E-state index contributed by atoms with van der Waals surface area (Å²) in [7, 11) is 0. The van der Waals surface area contributed by atoms with Gasteiger partial charge in [-0.2, -0.15) is 0 Å². The molecule has 1 unspecified atom stereocenters. The van der Waals surface area contributed by atoms with Gasteiger partial charge in [0.25, 0.3) is 0 Å². The second-order valence-corrected chi connectivity index (χ2v) is 4.85. The molecule has 0 amide bonds. The van der Waals surface area contributed by atoms with E-state index in [1.807, 2.05) is 31.2 Å². The quantitative estimate of drug-likeness (QED) is 0.749. The highest BCUT2D eigenvalue weighted by Gasteiger charge is 2.08. The molecule has 0 radical (unpaired) electrons. The van der Waals surface area contributed by atoms with Gasteiger partial charge >= 0.3 is 0 Å². The van der Waals surface area contributed by atoms with Crippen LogP contribution in [0.25, 0.3) is 0 Å². The zero-order chi connectivity index (χ0) is 13.8. The highest BCUT2D eigenvalue weighted by molar-refractivity contribution is 6.31. The lowest BCUT2D eigenvalue weighted by Gasteiger charge is -2.15.